The van der Waals surface area contributed by atoms with E-state index >= 15 is 0 Å². The highest BCUT2D eigenvalue weighted by molar-refractivity contribution is 7.98. The van der Waals surface area contributed by atoms with Crippen LogP contribution in [-0.4, -0.2) is 49.7 Å². The van der Waals surface area contributed by atoms with Gasteiger partial charge in [0.2, 0.25) is 0 Å². The van der Waals surface area contributed by atoms with Gasteiger partial charge in [0, 0.05) is 23.7 Å². The molecule has 192 valence electrons. The van der Waals surface area contributed by atoms with Crippen LogP contribution in [0.25, 0.3) is 6.08 Å². The summed E-state index contributed by atoms with van der Waals surface area (Å²) in [5.74, 6) is -0.448. The van der Waals surface area contributed by atoms with E-state index in [1.807, 2.05) is 48.7 Å². The Hall–Kier alpha value is -3.14. The highest BCUT2D eigenvalue weighted by Gasteiger charge is 2.33. The number of carbonyl (C=O) groups is 1. The van der Waals surface area contributed by atoms with Gasteiger partial charge < -0.3 is 14.4 Å². The smallest absolute Gasteiger partial charge is 0.338 e. The van der Waals surface area contributed by atoms with Gasteiger partial charge in [0.05, 0.1) is 41.7 Å². The first-order valence-corrected chi connectivity index (χ1v) is 14.3. The van der Waals surface area contributed by atoms with E-state index in [4.69, 9.17) is 9.47 Å². The van der Waals surface area contributed by atoms with Crippen LogP contribution in [0.3, 0.4) is 0 Å². The van der Waals surface area contributed by atoms with Crippen molar-refractivity contribution in [2.45, 2.75) is 24.8 Å². The largest absolute Gasteiger partial charge is 0.463 e. The predicted octanol–water partition coefficient (Wildman–Crippen LogP) is 3.36. The molecule has 0 N–H and O–H groups in total. The fourth-order valence-electron chi connectivity index (χ4n) is 4.65. The van der Waals surface area contributed by atoms with E-state index in [1.165, 1.54) is 11.3 Å². The summed E-state index contributed by atoms with van der Waals surface area (Å²) in [5.41, 5.74) is 3.72. The number of allylic oxidation sites excluding steroid dienone is 1. The van der Waals surface area contributed by atoms with Crippen molar-refractivity contribution in [1.29, 1.82) is 0 Å². The van der Waals surface area contributed by atoms with Crippen molar-refractivity contribution in [3.63, 3.8) is 0 Å². The number of hydrogen-bond acceptors (Lipinski definition) is 8. The molecular weight excluding hydrogens is 506 g/mol. The molecule has 0 radical (unpaired) electrons. The van der Waals surface area contributed by atoms with Crippen LogP contribution in [0.15, 0.2) is 74.5 Å². The molecule has 5 rings (SSSR count). The van der Waals surface area contributed by atoms with Crippen molar-refractivity contribution in [1.82, 2.24) is 4.57 Å². The summed E-state index contributed by atoms with van der Waals surface area (Å²) >= 11 is 2.98. The van der Waals surface area contributed by atoms with Crippen LogP contribution in [0.2, 0.25) is 0 Å². The molecule has 0 spiro atoms. The van der Waals surface area contributed by atoms with Gasteiger partial charge in [0.15, 0.2) is 4.80 Å². The molecule has 0 bridgehead atoms. The number of esters is 1. The molecular formula is C28H29N3O4S2. The zero-order valence-corrected chi connectivity index (χ0v) is 22.7. The molecule has 3 aromatic rings. The lowest BCUT2D eigenvalue weighted by molar-refractivity contribution is -0.139. The normalized spacial score (nSPS) is 18.0. The summed E-state index contributed by atoms with van der Waals surface area (Å²) in [6.07, 6.45) is 3.91. The van der Waals surface area contributed by atoms with E-state index in [-0.39, 0.29) is 12.2 Å². The lowest BCUT2D eigenvalue weighted by atomic mass is 9.96. The maximum absolute atomic E-state index is 13.8. The molecule has 2 aliphatic heterocycles. The molecule has 1 atom stereocenters. The average molecular weight is 536 g/mol. The van der Waals surface area contributed by atoms with Crippen molar-refractivity contribution in [2.24, 2.45) is 4.99 Å². The van der Waals surface area contributed by atoms with E-state index in [9.17, 15) is 9.59 Å². The number of benzene rings is 2. The number of anilines is 1. The number of thiazole rings is 1. The van der Waals surface area contributed by atoms with Crippen LogP contribution >= 0.6 is 23.1 Å². The number of aromatic nitrogens is 1. The summed E-state index contributed by atoms with van der Waals surface area (Å²) in [7, 11) is 0. The molecule has 7 nitrogen and oxygen atoms in total. The molecule has 3 heterocycles. The third-order valence-corrected chi connectivity index (χ3v) is 8.24. The van der Waals surface area contributed by atoms with Gasteiger partial charge in [-0.05, 0) is 61.6 Å². The number of fused-ring (bicyclic) bond motifs is 1. The van der Waals surface area contributed by atoms with Gasteiger partial charge in [0.1, 0.15) is 0 Å². The van der Waals surface area contributed by atoms with Crippen LogP contribution in [0.4, 0.5) is 5.69 Å². The Balaban J connectivity index is 1.58. The van der Waals surface area contributed by atoms with E-state index in [2.05, 4.69) is 22.0 Å². The Bertz CT molecular complexity index is 1500. The summed E-state index contributed by atoms with van der Waals surface area (Å²) < 4.78 is 13.0. The molecule has 0 amide bonds. The van der Waals surface area contributed by atoms with Gasteiger partial charge in [-0.15, -0.1) is 11.8 Å². The molecule has 0 aliphatic carbocycles. The molecule has 9 heteroatoms. The number of ether oxygens (including phenoxy) is 2. The third-order valence-electron chi connectivity index (χ3n) is 6.52. The first-order chi connectivity index (χ1) is 18.0. The van der Waals surface area contributed by atoms with Crippen molar-refractivity contribution in [3.05, 3.63) is 90.6 Å². The summed E-state index contributed by atoms with van der Waals surface area (Å²) in [6.45, 7) is 7.04. The quantitative estimate of drug-likeness (QED) is 0.356. The Labute approximate surface area is 223 Å². The lowest BCUT2D eigenvalue weighted by Crippen LogP contribution is -2.39. The molecule has 37 heavy (non-hydrogen) atoms. The maximum atomic E-state index is 13.8. The summed E-state index contributed by atoms with van der Waals surface area (Å²) in [5, 5.41) is 0. The van der Waals surface area contributed by atoms with Crippen molar-refractivity contribution in [2.75, 3.05) is 44.1 Å². The van der Waals surface area contributed by atoms with Crippen molar-refractivity contribution >= 4 is 40.8 Å². The molecule has 1 aromatic heterocycles. The minimum atomic E-state index is -0.600. The summed E-state index contributed by atoms with van der Waals surface area (Å²) in [4.78, 5) is 35.4. The molecule has 2 aliphatic rings. The van der Waals surface area contributed by atoms with Crippen LogP contribution in [0.5, 0.6) is 0 Å². The molecule has 1 fully saturated rings. The van der Waals surface area contributed by atoms with Gasteiger partial charge >= 0.3 is 5.97 Å². The SMILES string of the molecule is CCOC(=O)C1=C(C)N=c2s/c(=C/c3ccc(N4CCOCC4)cc3)c(=O)n2[C@H]1c1ccc(SC)cc1. The topological polar surface area (TPSA) is 73.1 Å². The molecule has 1 saturated heterocycles. The van der Waals surface area contributed by atoms with E-state index < -0.39 is 12.0 Å². The van der Waals surface area contributed by atoms with Gasteiger partial charge in [-0.2, -0.15) is 0 Å². The monoisotopic (exact) mass is 535 g/mol. The minimum Gasteiger partial charge on any atom is -0.463 e. The number of nitrogens with zero attached hydrogens (tertiary/aromatic N) is 3. The van der Waals surface area contributed by atoms with Gasteiger partial charge in [-0.3, -0.25) is 9.36 Å². The van der Waals surface area contributed by atoms with Crippen LogP contribution in [0.1, 0.15) is 31.0 Å². The number of thioether (sulfide) groups is 1. The van der Waals surface area contributed by atoms with Gasteiger partial charge in [0.25, 0.3) is 5.56 Å². The van der Waals surface area contributed by atoms with Gasteiger partial charge in [-0.25, -0.2) is 9.79 Å². The van der Waals surface area contributed by atoms with Crippen LogP contribution in [-0.2, 0) is 14.3 Å². The van der Waals surface area contributed by atoms with E-state index in [1.54, 1.807) is 30.2 Å². The molecule has 0 saturated carbocycles. The summed E-state index contributed by atoms with van der Waals surface area (Å²) in [6, 6.07) is 15.5. The maximum Gasteiger partial charge on any atom is 0.338 e. The predicted molar refractivity (Wildman–Crippen MR) is 148 cm³/mol. The molecule has 2 aromatic carbocycles. The zero-order chi connectivity index (χ0) is 25.9. The number of rotatable bonds is 6. The number of carbonyl (C=O) groups excluding carboxylic acids is 1. The zero-order valence-electron chi connectivity index (χ0n) is 21.1. The fourth-order valence-corrected chi connectivity index (χ4v) is 6.10. The highest BCUT2D eigenvalue weighted by atomic mass is 32.2. The Morgan fingerprint density at radius 1 is 1.16 bits per heavy atom. The average Bonchev–Trinajstić information content (AvgIpc) is 3.23. The second kappa shape index (κ2) is 11.1. The lowest BCUT2D eigenvalue weighted by Gasteiger charge is -2.28. The Morgan fingerprint density at radius 3 is 2.51 bits per heavy atom. The Kier molecular flexibility index (Phi) is 7.64. The third kappa shape index (κ3) is 5.16. The minimum absolute atomic E-state index is 0.172. The first-order valence-electron chi connectivity index (χ1n) is 12.3. The van der Waals surface area contributed by atoms with Crippen molar-refractivity contribution < 1.29 is 14.3 Å². The van der Waals surface area contributed by atoms with Crippen LogP contribution < -0.4 is 19.8 Å². The number of morpholine rings is 1. The fraction of sp³-hybridized carbons (Fsp3) is 0.321. The van der Waals surface area contributed by atoms with Crippen molar-refractivity contribution in [3.8, 4) is 0 Å². The van der Waals surface area contributed by atoms with E-state index in [0.717, 1.165) is 48.0 Å². The number of hydrogen-bond donors (Lipinski definition) is 0. The highest BCUT2D eigenvalue weighted by Crippen LogP contribution is 2.31. The first kappa shape index (κ1) is 25.5. The van der Waals surface area contributed by atoms with Gasteiger partial charge in [-0.1, -0.05) is 35.6 Å². The van der Waals surface area contributed by atoms with Crippen LogP contribution in [0, 0.1) is 0 Å². The second-order valence-electron chi connectivity index (χ2n) is 8.77. The molecule has 0 unspecified atom stereocenters. The Morgan fingerprint density at radius 2 is 1.86 bits per heavy atom. The standard InChI is InChI=1S/C28H29N3O4S2/c1-4-35-27(33)24-18(2)29-28-31(25(24)20-7-11-22(36-3)12-8-20)26(32)23(37-28)17-19-5-9-21(10-6-19)30-13-15-34-16-14-30/h5-12,17,25H,4,13-16H2,1-3H3/b23-17+/t25-/m0/s1. The second-order valence-corrected chi connectivity index (χ2v) is 10.7. The van der Waals surface area contributed by atoms with E-state index in [0.29, 0.717) is 20.6 Å².